The molecule has 0 N–H and O–H groups in total. The number of rotatable bonds is 5. The van der Waals surface area contributed by atoms with Crippen LogP contribution >= 0.6 is 0 Å². The van der Waals surface area contributed by atoms with Crippen molar-refractivity contribution in [2.24, 2.45) is 11.8 Å². The van der Waals surface area contributed by atoms with Crippen molar-refractivity contribution >= 4 is 11.7 Å². The molecule has 3 atom stereocenters. The number of Topliss-reactive ketones (excluding diaryl/α,β-unsaturated/α-hetero) is 1. The van der Waals surface area contributed by atoms with Crippen LogP contribution in [0, 0.1) is 11.8 Å². The van der Waals surface area contributed by atoms with E-state index in [2.05, 4.69) is 48.5 Å². The molecule has 0 radical (unpaired) electrons. The Morgan fingerprint density at radius 2 is 1.50 bits per heavy atom. The number of ketones is 1. The second-order valence-corrected chi connectivity index (χ2v) is 9.59. The fourth-order valence-electron chi connectivity index (χ4n) is 6.29. The van der Waals surface area contributed by atoms with Gasteiger partial charge in [0.05, 0.1) is 13.0 Å². The fourth-order valence-corrected chi connectivity index (χ4v) is 6.29. The summed E-state index contributed by atoms with van der Waals surface area (Å²) in [6.07, 6.45) is 1.31. The van der Waals surface area contributed by atoms with Crippen molar-refractivity contribution < 1.29 is 14.3 Å². The molecule has 1 heterocycles. The van der Waals surface area contributed by atoms with E-state index in [0.717, 1.165) is 17.7 Å². The molecule has 0 aromatic heterocycles. The molecule has 5 rings (SSSR count). The normalized spacial score (nSPS) is 22.2. The maximum atomic E-state index is 13.7. The Morgan fingerprint density at radius 1 is 0.912 bits per heavy atom. The van der Waals surface area contributed by atoms with Crippen LogP contribution in [0.2, 0.25) is 0 Å². The Balaban J connectivity index is 1.53. The van der Waals surface area contributed by atoms with Gasteiger partial charge < -0.3 is 9.64 Å². The topological polar surface area (TPSA) is 46.6 Å². The standard InChI is InChI=1S/C30H31NO3/c1-21(24-15-9-10-16-28(24)34-2)29(33)31-19-25-26(20-31)30(18-17-27(25)32,22-11-5-3-6-12-22)23-13-7-4-8-14-23/h3-16,21,25-26H,17-20H2,1-2H3/t21-,25?,26?/m1/s1. The van der Waals surface area contributed by atoms with E-state index in [9.17, 15) is 9.59 Å². The summed E-state index contributed by atoms with van der Waals surface area (Å²) in [6, 6.07) is 28.8. The second-order valence-electron chi connectivity index (χ2n) is 9.59. The molecule has 3 aromatic rings. The molecule has 174 valence electrons. The molecular weight excluding hydrogens is 422 g/mol. The van der Waals surface area contributed by atoms with Crippen molar-refractivity contribution in [3.63, 3.8) is 0 Å². The van der Waals surface area contributed by atoms with Crippen LogP contribution < -0.4 is 4.74 Å². The van der Waals surface area contributed by atoms with E-state index >= 15 is 0 Å². The van der Waals surface area contributed by atoms with Crippen molar-refractivity contribution in [3.8, 4) is 5.75 Å². The van der Waals surface area contributed by atoms with Gasteiger partial charge in [0.15, 0.2) is 0 Å². The van der Waals surface area contributed by atoms with E-state index < -0.39 is 0 Å². The Kier molecular flexibility index (Phi) is 5.99. The highest BCUT2D eigenvalue weighted by Crippen LogP contribution is 2.52. The minimum Gasteiger partial charge on any atom is -0.496 e. The minimum atomic E-state index is -0.339. The molecule has 1 aliphatic heterocycles. The van der Waals surface area contributed by atoms with E-state index in [0.29, 0.717) is 19.5 Å². The number of methoxy groups -OCH3 is 1. The number of fused-ring (bicyclic) bond motifs is 1. The van der Waals surface area contributed by atoms with Gasteiger partial charge in [-0.3, -0.25) is 9.59 Å². The SMILES string of the molecule is COc1ccccc1[C@@H](C)C(=O)N1CC2C(=O)CCC(c3ccccc3)(c3ccccc3)C2C1. The summed E-state index contributed by atoms with van der Waals surface area (Å²) < 4.78 is 5.51. The lowest BCUT2D eigenvalue weighted by atomic mass is 9.56. The summed E-state index contributed by atoms with van der Waals surface area (Å²) in [5.74, 6) is 0.623. The largest absolute Gasteiger partial charge is 0.496 e. The third kappa shape index (κ3) is 3.62. The smallest absolute Gasteiger partial charge is 0.230 e. The van der Waals surface area contributed by atoms with E-state index in [1.807, 2.05) is 48.2 Å². The first kappa shape index (κ1) is 22.4. The lowest BCUT2D eigenvalue weighted by Gasteiger charge is -2.45. The van der Waals surface area contributed by atoms with Gasteiger partial charge in [0, 0.05) is 42.3 Å². The number of hydrogen-bond donors (Lipinski definition) is 0. The molecule has 34 heavy (non-hydrogen) atoms. The van der Waals surface area contributed by atoms with E-state index in [4.69, 9.17) is 4.74 Å². The van der Waals surface area contributed by atoms with Gasteiger partial charge in [0.25, 0.3) is 0 Å². The number of carbonyl (C=O) groups excluding carboxylic acids is 2. The predicted molar refractivity (Wildman–Crippen MR) is 133 cm³/mol. The Hall–Kier alpha value is -3.40. The quantitative estimate of drug-likeness (QED) is 0.532. The third-order valence-corrected chi connectivity index (χ3v) is 8.00. The molecule has 2 fully saturated rings. The summed E-state index contributed by atoms with van der Waals surface area (Å²) >= 11 is 0. The highest BCUT2D eigenvalue weighted by Gasteiger charge is 2.55. The number of likely N-dealkylation sites (tertiary alicyclic amines) is 1. The van der Waals surface area contributed by atoms with Crippen molar-refractivity contribution in [2.45, 2.75) is 31.1 Å². The molecule has 1 amide bonds. The Bertz CT molecular complexity index is 1130. The number of para-hydroxylation sites is 1. The molecule has 0 bridgehead atoms. The first-order valence-corrected chi connectivity index (χ1v) is 12.1. The van der Waals surface area contributed by atoms with Crippen LogP contribution in [0.1, 0.15) is 42.4 Å². The molecule has 3 aromatic carbocycles. The molecule has 4 nitrogen and oxygen atoms in total. The van der Waals surface area contributed by atoms with Crippen LogP contribution in [0.25, 0.3) is 0 Å². The van der Waals surface area contributed by atoms with Crippen LogP contribution in [0.15, 0.2) is 84.9 Å². The number of carbonyl (C=O) groups is 2. The number of nitrogens with zero attached hydrogens (tertiary/aromatic N) is 1. The molecule has 2 unspecified atom stereocenters. The monoisotopic (exact) mass is 453 g/mol. The lowest BCUT2D eigenvalue weighted by molar-refractivity contribution is -0.131. The zero-order valence-corrected chi connectivity index (χ0v) is 19.8. The molecule has 1 aliphatic carbocycles. The van der Waals surface area contributed by atoms with Crippen molar-refractivity contribution in [1.82, 2.24) is 4.90 Å². The number of benzene rings is 3. The first-order chi connectivity index (χ1) is 16.6. The second kappa shape index (κ2) is 9.09. The van der Waals surface area contributed by atoms with Gasteiger partial charge >= 0.3 is 0 Å². The summed E-state index contributed by atoms with van der Waals surface area (Å²) in [5.41, 5.74) is 3.06. The average molecular weight is 454 g/mol. The van der Waals surface area contributed by atoms with Gasteiger partial charge in [0.2, 0.25) is 5.91 Å². The number of hydrogen-bond acceptors (Lipinski definition) is 3. The summed E-state index contributed by atoms with van der Waals surface area (Å²) in [4.78, 5) is 28.8. The fraction of sp³-hybridized carbons (Fsp3) is 0.333. The van der Waals surface area contributed by atoms with Crippen LogP contribution in [-0.4, -0.2) is 36.8 Å². The zero-order chi connectivity index (χ0) is 23.7. The summed E-state index contributed by atoms with van der Waals surface area (Å²) in [6.45, 7) is 3.01. The van der Waals surface area contributed by atoms with Crippen molar-refractivity contribution in [1.29, 1.82) is 0 Å². The summed E-state index contributed by atoms with van der Waals surface area (Å²) in [5, 5.41) is 0. The maximum absolute atomic E-state index is 13.7. The maximum Gasteiger partial charge on any atom is 0.230 e. The van der Waals surface area contributed by atoms with E-state index in [1.54, 1.807) is 7.11 Å². The molecule has 0 spiro atoms. The van der Waals surface area contributed by atoms with Crippen LogP contribution in [0.4, 0.5) is 0 Å². The molecule has 1 saturated carbocycles. The molecular formula is C30H31NO3. The Labute approximate surface area is 201 Å². The number of ether oxygens (including phenoxy) is 1. The molecule has 2 aliphatic rings. The van der Waals surface area contributed by atoms with Gasteiger partial charge in [-0.25, -0.2) is 0 Å². The van der Waals surface area contributed by atoms with Gasteiger partial charge in [-0.05, 0) is 30.5 Å². The highest BCUT2D eigenvalue weighted by molar-refractivity contribution is 5.88. The van der Waals surface area contributed by atoms with E-state index in [-0.39, 0.29) is 34.9 Å². The predicted octanol–water partition coefficient (Wildman–Crippen LogP) is 5.22. The lowest BCUT2D eigenvalue weighted by Crippen LogP contribution is -2.47. The van der Waals surface area contributed by atoms with Crippen molar-refractivity contribution in [2.75, 3.05) is 20.2 Å². The molecule has 4 heteroatoms. The first-order valence-electron chi connectivity index (χ1n) is 12.1. The van der Waals surface area contributed by atoms with Crippen LogP contribution in [-0.2, 0) is 15.0 Å². The van der Waals surface area contributed by atoms with Crippen molar-refractivity contribution in [3.05, 3.63) is 102 Å². The molecule has 1 saturated heterocycles. The summed E-state index contributed by atoms with van der Waals surface area (Å²) in [7, 11) is 1.63. The van der Waals surface area contributed by atoms with Gasteiger partial charge in [-0.15, -0.1) is 0 Å². The highest BCUT2D eigenvalue weighted by atomic mass is 16.5. The average Bonchev–Trinajstić information content (AvgIpc) is 3.36. The van der Waals surface area contributed by atoms with Gasteiger partial charge in [0.1, 0.15) is 11.5 Å². The van der Waals surface area contributed by atoms with Crippen LogP contribution in [0.5, 0.6) is 5.75 Å². The van der Waals surface area contributed by atoms with Crippen LogP contribution in [0.3, 0.4) is 0 Å². The number of amides is 1. The van der Waals surface area contributed by atoms with E-state index in [1.165, 1.54) is 11.1 Å². The third-order valence-electron chi connectivity index (χ3n) is 8.00. The zero-order valence-electron chi connectivity index (χ0n) is 19.8. The minimum absolute atomic E-state index is 0.0485. The Morgan fingerprint density at radius 3 is 2.12 bits per heavy atom. The van der Waals surface area contributed by atoms with Gasteiger partial charge in [-0.2, -0.15) is 0 Å². The van der Waals surface area contributed by atoms with Gasteiger partial charge in [-0.1, -0.05) is 78.9 Å².